The van der Waals surface area contributed by atoms with Gasteiger partial charge in [0.15, 0.2) is 0 Å². The molecule has 0 bridgehead atoms. The Labute approximate surface area is 111 Å². The molecule has 1 saturated heterocycles. The summed E-state index contributed by atoms with van der Waals surface area (Å²) in [5, 5.41) is 0. The quantitative estimate of drug-likeness (QED) is 0.815. The third kappa shape index (κ3) is 4.58. The Balaban J connectivity index is 2.46. The lowest BCUT2D eigenvalue weighted by atomic mass is 9.85. The van der Waals surface area contributed by atoms with Crippen LogP contribution in [-0.4, -0.2) is 42.6 Å². The zero-order valence-corrected chi connectivity index (χ0v) is 12.2. The van der Waals surface area contributed by atoms with Gasteiger partial charge in [-0.25, -0.2) is 0 Å². The molecular weight excluding hydrogens is 228 g/mol. The molecule has 0 spiro atoms. The minimum atomic E-state index is -0.0939. The molecule has 1 amide bonds. The van der Waals surface area contributed by atoms with E-state index < -0.39 is 0 Å². The molecule has 0 aliphatic carbocycles. The van der Waals surface area contributed by atoms with Crippen molar-refractivity contribution in [2.45, 2.75) is 59.1 Å². The highest BCUT2D eigenvalue weighted by Crippen LogP contribution is 2.21. The van der Waals surface area contributed by atoms with Crippen molar-refractivity contribution in [3.05, 3.63) is 0 Å². The Morgan fingerprint density at radius 2 is 2.17 bits per heavy atom. The van der Waals surface area contributed by atoms with Gasteiger partial charge >= 0.3 is 0 Å². The van der Waals surface area contributed by atoms with Crippen molar-refractivity contribution >= 4 is 5.91 Å². The van der Waals surface area contributed by atoms with Gasteiger partial charge in [0.25, 0.3) is 0 Å². The minimum absolute atomic E-state index is 0.0288. The van der Waals surface area contributed by atoms with Crippen LogP contribution in [0.4, 0.5) is 0 Å². The standard InChI is InChI=1S/C14H28N2O2/c1-5-16(10-11-7-6-8-18-11)13(17)9-12(15)14(2,3)4/h11-12H,5-10,15H2,1-4H3. The summed E-state index contributed by atoms with van der Waals surface area (Å²) in [5.41, 5.74) is 6.04. The Kier molecular flexibility index (Phi) is 5.60. The van der Waals surface area contributed by atoms with E-state index >= 15 is 0 Å². The zero-order valence-electron chi connectivity index (χ0n) is 12.2. The highest BCUT2D eigenvalue weighted by Gasteiger charge is 2.27. The molecule has 4 nitrogen and oxygen atoms in total. The monoisotopic (exact) mass is 256 g/mol. The van der Waals surface area contributed by atoms with E-state index in [1.807, 2.05) is 11.8 Å². The van der Waals surface area contributed by atoms with E-state index in [0.717, 1.165) is 26.0 Å². The first-order valence-electron chi connectivity index (χ1n) is 6.99. The van der Waals surface area contributed by atoms with Gasteiger partial charge < -0.3 is 15.4 Å². The Morgan fingerprint density at radius 1 is 1.50 bits per heavy atom. The first-order valence-corrected chi connectivity index (χ1v) is 6.99. The number of ether oxygens (including phenoxy) is 1. The van der Waals surface area contributed by atoms with Gasteiger partial charge in [-0.3, -0.25) is 4.79 Å². The lowest BCUT2D eigenvalue weighted by Gasteiger charge is -2.30. The number of hydrogen-bond acceptors (Lipinski definition) is 3. The van der Waals surface area contributed by atoms with E-state index in [-0.39, 0.29) is 23.5 Å². The second-order valence-corrected chi connectivity index (χ2v) is 6.24. The van der Waals surface area contributed by atoms with Crippen molar-refractivity contribution in [1.29, 1.82) is 0 Å². The van der Waals surface area contributed by atoms with Crippen LogP contribution in [0.1, 0.15) is 47.0 Å². The molecule has 0 aromatic heterocycles. The van der Waals surface area contributed by atoms with Crippen molar-refractivity contribution in [2.75, 3.05) is 19.7 Å². The first-order chi connectivity index (χ1) is 8.34. The summed E-state index contributed by atoms with van der Waals surface area (Å²) in [5.74, 6) is 0.149. The van der Waals surface area contributed by atoms with Gasteiger partial charge in [0.1, 0.15) is 0 Å². The largest absolute Gasteiger partial charge is 0.376 e. The molecule has 4 heteroatoms. The molecule has 0 saturated carbocycles. The number of nitrogens with zero attached hydrogens (tertiary/aromatic N) is 1. The molecule has 0 aromatic carbocycles. The molecule has 0 radical (unpaired) electrons. The summed E-state index contributed by atoms with van der Waals surface area (Å²) in [7, 11) is 0. The van der Waals surface area contributed by atoms with Crippen LogP contribution >= 0.6 is 0 Å². The van der Waals surface area contributed by atoms with Crippen LogP contribution in [0.15, 0.2) is 0 Å². The van der Waals surface area contributed by atoms with E-state index in [1.165, 1.54) is 0 Å². The average Bonchev–Trinajstić information content (AvgIpc) is 2.76. The summed E-state index contributed by atoms with van der Waals surface area (Å²) in [4.78, 5) is 14.1. The molecule has 106 valence electrons. The van der Waals surface area contributed by atoms with Crippen molar-refractivity contribution in [2.24, 2.45) is 11.1 Å². The number of nitrogens with two attached hydrogens (primary N) is 1. The van der Waals surface area contributed by atoms with E-state index in [1.54, 1.807) is 0 Å². The SMILES string of the molecule is CCN(CC1CCCO1)C(=O)CC(N)C(C)(C)C. The number of likely N-dealkylation sites (N-methyl/N-ethyl adjacent to an activating group) is 1. The highest BCUT2D eigenvalue weighted by atomic mass is 16.5. The van der Waals surface area contributed by atoms with E-state index in [4.69, 9.17) is 10.5 Å². The molecule has 1 fully saturated rings. The van der Waals surface area contributed by atoms with Gasteiger partial charge in [-0.15, -0.1) is 0 Å². The Bertz CT molecular complexity index is 267. The maximum atomic E-state index is 12.2. The fourth-order valence-corrected chi connectivity index (χ4v) is 2.06. The van der Waals surface area contributed by atoms with Gasteiger partial charge in [-0.1, -0.05) is 20.8 Å². The van der Waals surface area contributed by atoms with Crippen molar-refractivity contribution in [1.82, 2.24) is 4.90 Å². The van der Waals surface area contributed by atoms with Gasteiger partial charge in [-0.05, 0) is 25.2 Å². The number of rotatable bonds is 5. The van der Waals surface area contributed by atoms with Crippen LogP contribution in [-0.2, 0) is 9.53 Å². The summed E-state index contributed by atoms with van der Waals surface area (Å²) in [6.07, 6.45) is 2.82. The van der Waals surface area contributed by atoms with Crippen LogP contribution in [0.3, 0.4) is 0 Å². The third-order valence-corrected chi connectivity index (χ3v) is 3.69. The average molecular weight is 256 g/mol. The molecule has 2 unspecified atom stereocenters. The van der Waals surface area contributed by atoms with Gasteiger partial charge in [0, 0.05) is 32.2 Å². The predicted octanol–water partition coefficient (Wildman–Crippen LogP) is 1.78. The van der Waals surface area contributed by atoms with Crippen molar-refractivity contribution in [3.63, 3.8) is 0 Å². The van der Waals surface area contributed by atoms with Crippen LogP contribution in [0, 0.1) is 5.41 Å². The molecule has 1 aliphatic heterocycles. The molecule has 0 aromatic rings. The van der Waals surface area contributed by atoms with Crippen LogP contribution in [0.5, 0.6) is 0 Å². The van der Waals surface area contributed by atoms with E-state index in [2.05, 4.69) is 20.8 Å². The fourth-order valence-electron chi connectivity index (χ4n) is 2.06. The highest BCUT2D eigenvalue weighted by molar-refractivity contribution is 5.76. The molecule has 1 heterocycles. The van der Waals surface area contributed by atoms with E-state index in [9.17, 15) is 4.79 Å². The Morgan fingerprint density at radius 3 is 2.61 bits per heavy atom. The maximum absolute atomic E-state index is 12.2. The summed E-state index contributed by atoms with van der Waals surface area (Å²) in [6.45, 7) is 10.5. The summed E-state index contributed by atoms with van der Waals surface area (Å²) in [6, 6.07) is -0.0939. The summed E-state index contributed by atoms with van der Waals surface area (Å²) < 4.78 is 5.58. The zero-order chi connectivity index (χ0) is 13.8. The van der Waals surface area contributed by atoms with Gasteiger partial charge in [0.05, 0.1) is 6.10 Å². The predicted molar refractivity (Wildman–Crippen MR) is 73.3 cm³/mol. The maximum Gasteiger partial charge on any atom is 0.224 e. The smallest absolute Gasteiger partial charge is 0.224 e. The molecular formula is C14H28N2O2. The lowest BCUT2D eigenvalue weighted by Crippen LogP contribution is -2.43. The molecule has 18 heavy (non-hydrogen) atoms. The molecule has 2 atom stereocenters. The third-order valence-electron chi connectivity index (χ3n) is 3.69. The summed E-state index contributed by atoms with van der Waals surface area (Å²) >= 11 is 0. The topological polar surface area (TPSA) is 55.6 Å². The number of carbonyl (C=O) groups excluding carboxylic acids is 1. The fraction of sp³-hybridized carbons (Fsp3) is 0.929. The number of amides is 1. The normalized spacial score (nSPS) is 21.9. The second kappa shape index (κ2) is 6.53. The number of hydrogen-bond donors (Lipinski definition) is 1. The van der Waals surface area contributed by atoms with Crippen LogP contribution in [0.2, 0.25) is 0 Å². The lowest BCUT2D eigenvalue weighted by molar-refractivity contribution is -0.133. The second-order valence-electron chi connectivity index (χ2n) is 6.24. The van der Waals surface area contributed by atoms with Crippen molar-refractivity contribution < 1.29 is 9.53 Å². The molecule has 1 aliphatic rings. The Hall–Kier alpha value is -0.610. The van der Waals surface area contributed by atoms with Crippen LogP contribution in [0.25, 0.3) is 0 Å². The molecule has 1 rings (SSSR count). The van der Waals surface area contributed by atoms with E-state index in [0.29, 0.717) is 13.0 Å². The van der Waals surface area contributed by atoms with Gasteiger partial charge in [-0.2, -0.15) is 0 Å². The first kappa shape index (κ1) is 15.4. The van der Waals surface area contributed by atoms with Crippen LogP contribution < -0.4 is 5.73 Å². The molecule has 2 N–H and O–H groups in total. The van der Waals surface area contributed by atoms with Gasteiger partial charge in [0.2, 0.25) is 5.91 Å². The van der Waals surface area contributed by atoms with Crippen molar-refractivity contribution in [3.8, 4) is 0 Å². The minimum Gasteiger partial charge on any atom is -0.376 e. The number of carbonyl (C=O) groups is 1.